The monoisotopic (exact) mass is 196 g/mol. The number of hydrogen-bond donors (Lipinski definition) is 0. The zero-order valence-corrected chi connectivity index (χ0v) is 7.85. The standard InChI is InChI=1S/C6H9ClOS2/c1-3-5-6(4-2)8-10-9-7/h3-4,6H,1-2,5H2. The molecule has 0 saturated heterocycles. The SMILES string of the molecule is C=CCC(C=C)OSSCl. The largest absolute Gasteiger partial charge is 0.296 e. The van der Waals surface area contributed by atoms with Crippen LogP contribution >= 0.6 is 31.8 Å². The minimum atomic E-state index is 0.0220. The topological polar surface area (TPSA) is 9.23 Å². The number of hydrogen-bond acceptors (Lipinski definition) is 3. The van der Waals surface area contributed by atoms with Gasteiger partial charge in [0.2, 0.25) is 0 Å². The predicted molar refractivity (Wildman–Crippen MR) is 50.9 cm³/mol. The number of halogens is 1. The van der Waals surface area contributed by atoms with Crippen LogP contribution in [0.2, 0.25) is 0 Å². The Kier molecular flexibility index (Phi) is 7.86. The molecule has 0 amide bonds. The highest BCUT2D eigenvalue weighted by Crippen LogP contribution is 2.28. The lowest BCUT2D eigenvalue weighted by Crippen LogP contribution is -2.01. The van der Waals surface area contributed by atoms with Gasteiger partial charge in [0.05, 0.1) is 17.2 Å². The van der Waals surface area contributed by atoms with E-state index in [4.69, 9.17) is 14.9 Å². The Morgan fingerprint density at radius 3 is 2.70 bits per heavy atom. The van der Waals surface area contributed by atoms with Crippen LogP contribution in [-0.4, -0.2) is 6.10 Å². The molecule has 1 atom stereocenters. The Labute approximate surface area is 74.0 Å². The summed E-state index contributed by atoms with van der Waals surface area (Å²) in [5.41, 5.74) is 0. The van der Waals surface area contributed by atoms with Gasteiger partial charge in [-0.2, -0.15) is 0 Å². The average Bonchev–Trinajstić information content (AvgIpc) is 1.98. The Bertz CT molecular complexity index is 108. The van der Waals surface area contributed by atoms with E-state index in [1.165, 1.54) is 0 Å². The molecule has 0 radical (unpaired) electrons. The van der Waals surface area contributed by atoms with E-state index in [0.717, 1.165) is 27.5 Å². The third-order valence-corrected chi connectivity index (χ3v) is 2.08. The summed E-state index contributed by atoms with van der Waals surface area (Å²) in [7, 11) is 6.35. The van der Waals surface area contributed by atoms with E-state index < -0.39 is 0 Å². The molecule has 0 aliphatic rings. The summed E-state index contributed by atoms with van der Waals surface area (Å²) < 4.78 is 5.14. The van der Waals surface area contributed by atoms with Crippen molar-refractivity contribution in [2.24, 2.45) is 0 Å². The second kappa shape index (κ2) is 7.54. The van der Waals surface area contributed by atoms with Crippen LogP contribution in [0.1, 0.15) is 6.42 Å². The van der Waals surface area contributed by atoms with Gasteiger partial charge in [0, 0.05) is 10.0 Å². The molecule has 0 aliphatic carbocycles. The lowest BCUT2D eigenvalue weighted by Gasteiger charge is -2.06. The van der Waals surface area contributed by atoms with Gasteiger partial charge >= 0.3 is 0 Å². The van der Waals surface area contributed by atoms with Crippen molar-refractivity contribution in [2.75, 3.05) is 0 Å². The van der Waals surface area contributed by atoms with Gasteiger partial charge < -0.3 is 0 Å². The maximum Gasteiger partial charge on any atom is 0.0945 e. The Balaban J connectivity index is 3.38. The normalized spacial score (nSPS) is 12.5. The smallest absolute Gasteiger partial charge is 0.0945 e. The van der Waals surface area contributed by atoms with Crippen molar-refractivity contribution >= 4 is 31.8 Å². The summed E-state index contributed by atoms with van der Waals surface area (Å²) in [6.07, 6.45) is 4.30. The van der Waals surface area contributed by atoms with Crippen LogP contribution < -0.4 is 0 Å². The highest BCUT2D eigenvalue weighted by Gasteiger charge is 2.00. The zero-order chi connectivity index (χ0) is 7.82. The van der Waals surface area contributed by atoms with Gasteiger partial charge in [-0.15, -0.1) is 13.2 Å². The second-order valence-electron chi connectivity index (χ2n) is 1.53. The van der Waals surface area contributed by atoms with Gasteiger partial charge in [0.1, 0.15) is 0 Å². The molecule has 0 spiro atoms. The predicted octanol–water partition coefficient (Wildman–Crippen LogP) is 3.58. The van der Waals surface area contributed by atoms with Crippen LogP contribution in [0, 0.1) is 0 Å². The summed E-state index contributed by atoms with van der Waals surface area (Å²) in [4.78, 5) is 0. The molecule has 1 unspecified atom stereocenters. The van der Waals surface area contributed by atoms with E-state index in [0.29, 0.717) is 0 Å². The minimum Gasteiger partial charge on any atom is -0.296 e. The van der Waals surface area contributed by atoms with Crippen LogP contribution in [0.25, 0.3) is 0 Å². The molecular weight excluding hydrogens is 188 g/mol. The molecule has 0 heterocycles. The second-order valence-corrected chi connectivity index (χ2v) is 3.90. The molecule has 0 bridgehead atoms. The lowest BCUT2D eigenvalue weighted by atomic mass is 10.2. The Morgan fingerprint density at radius 1 is 1.60 bits per heavy atom. The summed E-state index contributed by atoms with van der Waals surface area (Å²) in [5, 5.41) is 0. The summed E-state index contributed by atoms with van der Waals surface area (Å²) in [6, 6.07) is 0. The van der Waals surface area contributed by atoms with Gasteiger partial charge in [-0.25, -0.2) is 0 Å². The Hall–Kier alpha value is 0.430. The molecule has 0 N–H and O–H groups in total. The quantitative estimate of drug-likeness (QED) is 0.365. The van der Waals surface area contributed by atoms with E-state index >= 15 is 0 Å². The van der Waals surface area contributed by atoms with Crippen molar-refractivity contribution in [3.63, 3.8) is 0 Å². The van der Waals surface area contributed by atoms with Crippen molar-refractivity contribution in [3.8, 4) is 0 Å². The van der Waals surface area contributed by atoms with Crippen molar-refractivity contribution in [3.05, 3.63) is 25.3 Å². The molecule has 0 aromatic rings. The molecular formula is C6H9ClOS2. The van der Waals surface area contributed by atoms with E-state index in [1.54, 1.807) is 12.2 Å². The molecule has 0 saturated carbocycles. The van der Waals surface area contributed by atoms with Crippen molar-refractivity contribution < 1.29 is 4.18 Å². The van der Waals surface area contributed by atoms with Crippen molar-refractivity contribution in [1.29, 1.82) is 0 Å². The molecule has 4 heteroatoms. The van der Waals surface area contributed by atoms with Gasteiger partial charge in [-0.1, -0.05) is 12.2 Å². The first-order valence-electron chi connectivity index (χ1n) is 2.69. The summed E-state index contributed by atoms with van der Waals surface area (Å²) in [6.45, 7) is 7.17. The first-order chi connectivity index (χ1) is 4.85. The molecule has 0 aromatic carbocycles. The fourth-order valence-electron chi connectivity index (χ4n) is 0.404. The van der Waals surface area contributed by atoms with Crippen LogP contribution in [0.15, 0.2) is 25.3 Å². The van der Waals surface area contributed by atoms with Crippen LogP contribution in [-0.2, 0) is 4.18 Å². The molecule has 0 rings (SSSR count). The highest BCUT2D eigenvalue weighted by atomic mass is 35.7. The van der Waals surface area contributed by atoms with Crippen molar-refractivity contribution in [1.82, 2.24) is 0 Å². The molecule has 58 valence electrons. The third-order valence-electron chi connectivity index (χ3n) is 0.850. The summed E-state index contributed by atoms with van der Waals surface area (Å²) >= 11 is 1.14. The van der Waals surface area contributed by atoms with Gasteiger partial charge in [-0.3, -0.25) is 4.18 Å². The molecule has 0 aliphatic heterocycles. The first kappa shape index (κ1) is 10.4. The van der Waals surface area contributed by atoms with Gasteiger partial charge in [0.15, 0.2) is 0 Å². The fourth-order valence-corrected chi connectivity index (χ4v) is 1.35. The van der Waals surface area contributed by atoms with E-state index in [1.807, 2.05) is 0 Å². The van der Waals surface area contributed by atoms with E-state index in [2.05, 4.69) is 13.2 Å². The van der Waals surface area contributed by atoms with E-state index in [-0.39, 0.29) is 6.10 Å². The maximum absolute atomic E-state index is 5.30. The molecule has 10 heavy (non-hydrogen) atoms. The Morgan fingerprint density at radius 2 is 2.30 bits per heavy atom. The summed E-state index contributed by atoms with van der Waals surface area (Å²) in [5.74, 6) is 0. The minimum absolute atomic E-state index is 0.0220. The van der Waals surface area contributed by atoms with Crippen molar-refractivity contribution in [2.45, 2.75) is 12.5 Å². The zero-order valence-electron chi connectivity index (χ0n) is 5.46. The van der Waals surface area contributed by atoms with Gasteiger partial charge in [0.25, 0.3) is 0 Å². The van der Waals surface area contributed by atoms with E-state index in [9.17, 15) is 0 Å². The maximum atomic E-state index is 5.30. The third kappa shape index (κ3) is 5.23. The number of rotatable bonds is 6. The van der Waals surface area contributed by atoms with Crippen LogP contribution in [0.3, 0.4) is 0 Å². The van der Waals surface area contributed by atoms with Gasteiger partial charge in [-0.05, 0) is 17.1 Å². The highest BCUT2D eigenvalue weighted by molar-refractivity contribution is 8.83. The van der Waals surface area contributed by atoms with Crippen LogP contribution in [0.4, 0.5) is 0 Å². The molecule has 0 fully saturated rings. The lowest BCUT2D eigenvalue weighted by molar-refractivity contribution is 0.306. The average molecular weight is 197 g/mol. The molecule has 0 aromatic heterocycles. The molecule has 1 nitrogen and oxygen atoms in total. The first-order valence-corrected chi connectivity index (χ1v) is 5.59. The fraction of sp³-hybridized carbons (Fsp3) is 0.333. The van der Waals surface area contributed by atoms with Crippen LogP contribution in [0.5, 0.6) is 0 Å².